The average Bonchev–Trinajstić information content (AvgIpc) is 3.05. The SMILES string of the molecule is O=c1oc2ccccc2cc1N1CC(c2ccccc2)N=N1. The minimum atomic E-state index is -0.397. The Morgan fingerprint density at radius 1 is 1.05 bits per heavy atom. The van der Waals surface area contributed by atoms with Crippen molar-refractivity contribution in [1.29, 1.82) is 0 Å². The smallest absolute Gasteiger partial charge is 0.362 e. The molecule has 0 aliphatic carbocycles. The molecule has 108 valence electrons. The van der Waals surface area contributed by atoms with Crippen molar-refractivity contribution in [1.82, 2.24) is 0 Å². The molecule has 22 heavy (non-hydrogen) atoms. The highest BCUT2D eigenvalue weighted by molar-refractivity contribution is 5.79. The monoisotopic (exact) mass is 291 g/mol. The van der Waals surface area contributed by atoms with Crippen molar-refractivity contribution in [2.45, 2.75) is 6.04 Å². The van der Waals surface area contributed by atoms with Crippen LogP contribution in [0.3, 0.4) is 0 Å². The van der Waals surface area contributed by atoms with Crippen molar-refractivity contribution in [3.63, 3.8) is 0 Å². The van der Waals surface area contributed by atoms with E-state index >= 15 is 0 Å². The van der Waals surface area contributed by atoms with Gasteiger partial charge in [-0.25, -0.2) is 9.80 Å². The largest absolute Gasteiger partial charge is 0.421 e. The zero-order valence-corrected chi connectivity index (χ0v) is 11.7. The van der Waals surface area contributed by atoms with E-state index in [0.717, 1.165) is 10.9 Å². The van der Waals surface area contributed by atoms with Gasteiger partial charge in [0.15, 0.2) is 0 Å². The molecule has 1 aliphatic rings. The Bertz CT molecular complexity index is 902. The van der Waals surface area contributed by atoms with Crippen LogP contribution in [-0.4, -0.2) is 6.54 Å². The molecule has 4 rings (SSSR count). The maximum absolute atomic E-state index is 12.2. The summed E-state index contributed by atoms with van der Waals surface area (Å²) in [6.45, 7) is 0.535. The van der Waals surface area contributed by atoms with Gasteiger partial charge in [0.05, 0.1) is 6.54 Å². The molecule has 0 saturated heterocycles. The van der Waals surface area contributed by atoms with Crippen LogP contribution in [0.2, 0.25) is 0 Å². The molecule has 1 aromatic heterocycles. The molecule has 3 aromatic rings. The van der Waals surface area contributed by atoms with Gasteiger partial charge in [-0.2, -0.15) is 5.11 Å². The number of benzene rings is 2. The Morgan fingerprint density at radius 3 is 2.68 bits per heavy atom. The van der Waals surface area contributed by atoms with Crippen molar-refractivity contribution >= 4 is 16.7 Å². The Labute approximate surface area is 126 Å². The maximum Gasteiger partial charge on any atom is 0.362 e. The quantitative estimate of drug-likeness (QED) is 0.676. The molecule has 1 atom stereocenters. The van der Waals surface area contributed by atoms with Crippen LogP contribution in [0.1, 0.15) is 11.6 Å². The van der Waals surface area contributed by atoms with Crippen molar-refractivity contribution in [3.8, 4) is 0 Å². The fourth-order valence-corrected chi connectivity index (χ4v) is 2.59. The highest BCUT2D eigenvalue weighted by Crippen LogP contribution is 2.28. The standard InChI is InChI=1S/C17H13N3O2/c21-17-15(10-13-8-4-5-9-16(13)22-17)20-11-14(18-19-20)12-6-2-1-3-7-12/h1-10,14H,11H2. The first-order valence-corrected chi connectivity index (χ1v) is 7.07. The highest BCUT2D eigenvalue weighted by Gasteiger charge is 2.24. The van der Waals surface area contributed by atoms with E-state index in [-0.39, 0.29) is 6.04 Å². The van der Waals surface area contributed by atoms with Gasteiger partial charge in [-0.15, -0.1) is 0 Å². The predicted molar refractivity (Wildman–Crippen MR) is 83.9 cm³/mol. The lowest BCUT2D eigenvalue weighted by Gasteiger charge is -2.13. The number of rotatable bonds is 2. The third-order valence-electron chi connectivity index (χ3n) is 3.73. The molecule has 2 aromatic carbocycles. The third kappa shape index (κ3) is 2.16. The maximum atomic E-state index is 12.2. The molecule has 0 radical (unpaired) electrons. The van der Waals surface area contributed by atoms with Crippen molar-refractivity contribution in [2.75, 3.05) is 11.6 Å². The molecule has 5 nitrogen and oxygen atoms in total. The second-order valence-corrected chi connectivity index (χ2v) is 5.17. The summed E-state index contributed by atoms with van der Waals surface area (Å²) >= 11 is 0. The highest BCUT2D eigenvalue weighted by atomic mass is 16.4. The molecule has 0 amide bonds. The Morgan fingerprint density at radius 2 is 1.82 bits per heavy atom. The van der Waals surface area contributed by atoms with Crippen LogP contribution in [0, 0.1) is 0 Å². The third-order valence-corrected chi connectivity index (χ3v) is 3.73. The van der Waals surface area contributed by atoms with Crippen molar-refractivity contribution in [2.24, 2.45) is 10.3 Å². The Hall–Kier alpha value is -2.95. The minimum Gasteiger partial charge on any atom is -0.421 e. The number of nitrogens with zero attached hydrogens (tertiary/aromatic N) is 3. The van der Waals surface area contributed by atoms with E-state index in [1.807, 2.05) is 48.5 Å². The Balaban J connectivity index is 1.68. The van der Waals surface area contributed by atoms with Gasteiger partial charge in [-0.1, -0.05) is 53.8 Å². The first-order valence-electron chi connectivity index (χ1n) is 7.07. The summed E-state index contributed by atoms with van der Waals surface area (Å²) in [6, 6.07) is 19.1. The molecule has 0 bridgehead atoms. The Kier molecular flexibility index (Phi) is 2.96. The van der Waals surface area contributed by atoms with Gasteiger partial charge in [0, 0.05) is 5.39 Å². The molecule has 0 fully saturated rings. The van der Waals surface area contributed by atoms with Crippen molar-refractivity contribution in [3.05, 3.63) is 76.6 Å². The lowest BCUT2D eigenvalue weighted by molar-refractivity contribution is 0.558. The molecule has 0 N–H and O–H groups in total. The average molecular weight is 291 g/mol. The minimum absolute atomic E-state index is 0.0629. The summed E-state index contributed by atoms with van der Waals surface area (Å²) in [6.07, 6.45) is 0. The summed E-state index contributed by atoms with van der Waals surface area (Å²) in [5.41, 5.74) is 1.68. The van der Waals surface area contributed by atoms with E-state index in [1.165, 1.54) is 0 Å². The number of anilines is 1. The second kappa shape index (κ2) is 5.11. The number of fused-ring (bicyclic) bond motifs is 1. The summed E-state index contributed by atoms with van der Waals surface area (Å²) in [5, 5.41) is 10.9. The number of hydrogen-bond acceptors (Lipinski definition) is 5. The van der Waals surface area contributed by atoms with Crippen LogP contribution in [0.4, 0.5) is 5.69 Å². The van der Waals surface area contributed by atoms with E-state index in [4.69, 9.17) is 4.42 Å². The van der Waals surface area contributed by atoms with Gasteiger partial charge < -0.3 is 4.42 Å². The predicted octanol–water partition coefficient (Wildman–Crippen LogP) is 3.72. The van der Waals surface area contributed by atoms with E-state index in [2.05, 4.69) is 10.3 Å². The molecular weight excluding hydrogens is 278 g/mol. The van der Waals surface area contributed by atoms with Gasteiger partial charge >= 0.3 is 5.63 Å². The second-order valence-electron chi connectivity index (χ2n) is 5.17. The van der Waals surface area contributed by atoms with Gasteiger partial charge in [-0.3, -0.25) is 0 Å². The zero-order valence-electron chi connectivity index (χ0n) is 11.7. The van der Waals surface area contributed by atoms with Gasteiger partial charge in [0.25, 0.3) is 0 Å². The number of para-hydroxylation sites is 1. The van der Waals surface area contributed by atoms with E-state index < -0.39 is 5.63 Å². The summed E-state index contributed by atoms with van der Waals surface area (Å²) in [7, 11) is 0. The van der Waals surface area contributed by atoms with Crippen LogP contribution in [0.25, 0.3) is 11.0 Å². The van der Waals surface area contributed by atoms with Gasteiger partial charge in [0.2, 0.25) is 0 Å². The molecule has 5 heteroatoms. The van der Waals surface area contributed by atoms with Crippen LogP contribution in [0.5, 0.6) is 0 Å². The van der Waals surface area contributed by atoms with Crippen molar-refractivity contribution < 1.29 is 4.42 Å². The number of hydrogen-bond donors (Lipinski definition) is 0. The van der Waals surface area contributed by atoms with E-state index in [9.17, 15) is 4.79 Å². The normalized spacial score (nSPS) is 17.3. The molecule has 0 spiro atoms. The van der Waals surface area contributed by atoms with Crippen LogP contribution in [0.15, 0.2) is 80.2 Å². The summed E-state index contributed by atoms with van der Waals surface area (Å²) < 4.78 is 5.35. The lowest BCUT2D eigenvalue weighted by Crippen LogP contribution is -2.22. The molecular formula is C17H13N3O2. The molecule has 2 heterocycles. The lowest BCUT2D eigenvalue weighted by atomic mass is 10.1. The molecule has 0 saturated carbocycles. The van der Waals surface area contributed by atoms with E-state index in [1.54, 1.807) is 17.1 Å². The van der Waals surface area contributed by atoms with Gasteiger partial charge in [-0.05, 0) is 17.7 Å². The van der Waals surface area contributed by atoms with E-state index in [0.29, 0.717) is 17.8 Å². The summed E-state index contributed by atoms with van der Waals surface area (Å²) in [5.74, 6) is 0. The fourth-order valence-electron chi connectivity index (χ4n) is 2.59. The van der Waals surface area contributed by atoms with Crippen LogP contribution in [-0.2, 0) is 0 Å². The molecule has 1 unspecified atom stereocenters. The fraction of sp³-hybridized carbons (Fsp3) is 0.118. The summed E-state index contributed by atoms with van der Waals surface area (Å²) in [4.78, 5) is 12.2. The van der Waals surface area contributed by atoms with Gasteiger partial charge in [0.1, 0.15) is 17.3 Å². The zero-order chi connectivity index (χ0) is 14.9. The van der Waals surface area contributed by atoms with Crippen LogP contribution < -0.4 is 10.6 Å². The first kappa shape index (κ1) is 12.8. The van der Waals surface area contributed by atoms with Crippen LogP contribution >= 0.6 is 0 Å². The molecule has 1 aliphatic heterocycles. The first-order chi connectivity index (χ1) is 10.8. The topological polar surface area (TPSA) is 58.2 Å².